The third-order valence-corrected chi connectivity index (χ3v) is 4.95. The predicted molar refractivity (Wildman–Crippen MR) is 92.0 cm³/mol. The van der Waals surface area contributed by atoms with Crippen LogP contribution in [0.2, 0.25) is 0 Å². The van der Waals surface area contributed by atoms with Crippen LogP contribution in [0.5, 0.6) is 0 Å². The average molecular weight is 381 g/mol. The fourth-order valence-corrected chi connectivity index (χ4v) is 3.17. The van der Waals surface area contributed by atoms with Gasteiger partial charge in [-0.25, -0.2) is 0 Å². The Labute approximate surface area is 142 Å². The van der Waals surface area contributed by atoms with Crippen molar-refractivity contribution in [2.75, 3.05) is 13.6 Å². The Morgan fingerprint density at radius 2 is 2.09 bits per heavy atom. The monoisotopic (exact) mass is 380 g/mol. The van der Waals surface area contributed by atoms with Gasteiger partial charge in [0.05, 0.1) is 12.6 Å². The van der Waals surface area contributed by atoms with Crippen molar-refractivity contribution in [1.29, 1.82) is 0 Å². The van der Waals surface area contributed by atoms with Crippen LogP contribution in [0, 0.1) is 0 Å². The number of amides is 2. The number of hydrogen-bond donors (Lipinski definition) is 1. The van der Waals surface area contributed by atoms with E-state index in [1.54, 1.807) is 41.5 Å². The Hall–Kier alpha value is -1.66. The fourth-order valence-electron chi connectivity index (χ4n) is 1.95. The molecule has 1 heterocycles. The van der Waals surface area contributed by atoms with Gasteiger partial charge in [-0.2, -0.15) is 0 Å². The van der Waals surface area contributed by atoms with Crippen LogP contribution < -0.4 is 5.32 Å². The lowest BCUT2D eigenvalue weighted by Crippen LogP contribution is -2.39. The topological polar surface area (TPSA) is 49.4 Å². The van der Waals surface area contributed by atoms with E-state index in [9.17, 15) is 9.59 Å². The second-order valence-corrected chi connectivity index (χ2v) is 6.78. The number of nitrogens with zero attached hydrogens (tertiary/aromatic N) is 1. The maximum absolute atomic E-state index is 12.2. The Bertz CT molecular complexity index is 658. The zero-order valence-electron chi connectivity index (χ0n) is 12.4. The summed E-state index contributed by atoms with van der Waals surface area (Å²) in [5.74, 6) is -0.379. The van der Waals surface area contributed by atoms with Gasteiger partial charge in [0.1, 0.15) is 0 Å². The summed E-state index contributed by atoms with van der Waals surface area (Å²) in [5, 5.41) is 4.64. The highest BCUT2D eigenvalue weighted by atomic mass is 79.9. The fraction of sp³-hybridized carbons (Fsp3) is 0.250. The third-order valence-electron chi connectivity index (χ3n) is 3.42. The van der Waals surface area contributed by atoms with Gasteiger partial charge >= 0.3 is 0 Å². The number of likely N-dealkylation sites (N-methyl/N-ethyl adjacent to an activating group) is 1. The molecule has 0 aliphatic carbocycles. The lowest BCUT2D eigenvalue weighted by atomic mass is 10.2. The Kier molecular flexibility index (Phi) is 5.74. The van der Waals surface area contributed by atoms with E-state index in [0.29, 0.717) is 5.56 Å². The summed E-state index contributed by atoms with van der Waals surface area (Å²) in [7, 11) is 1.75. The number of benzene rings is 1. The van der Waals surface area contributed by atoms with Gasteiger partial charge < -0.3 is 10.2 Å². The van der Waals surface area contributed by atoms with Crippen LogP contribution >= 0.6 is 27.3 Å². The van der Waals surface area contributed by atoms with E-state index in [1.165, 1.54) is 0 Å². The van der Waals surface area contributed by atoms with Crippen molar-refractivity contribution in [3.8, 4) is 0 Å². The van der Waals surface area contributed by atoms with Crippen LogP contribution in [0.4, 0.5) is 0 Å². The van der Waals surface area contributed by atoms with Crippen LogP contribution in [0.1, 0.15) is 28.2 Å². The molecule has 0 saturated carbocycles. The predicted octanol–water partition coefficient (Wildman–Crippen LogP) is 3.46. The highest BCUT2D eigenvalue weighted by molar-refractivity contribution is 9.10. The standard InChI is InChI=1S/C16H17BrN2O2S/c1-11(14-7-4-8-22-14)19(2)15(20)10-18-16(21)12-5-3-6-13(17)9-12/h3-9,11H,10H2,1-2H3,(H,18,21). The number of carbonyl (C=O) groups is 2. The summed E-state index contributed by atoms with van der Waals surface area (Å²) in [5.41, 5.74) is 0.524. The molecule has 0 radical (unpaired) electrons. The molecule has 2 rings (SSSR count). The van der Waals surface area contributed by atoms with Gasteiger partial charge in [0, 0.05) is 22.0 Å². The van der Waals surface area contributed by atoms with Crippen molar-refractivity contribution in [3.05, 3.63) is 56.7 Å². The quantitative estimate of drug-likeness (QED) is 0.863. The van der Waals surface area contributed by atoms with Gasteiger partial charge in [0.2, 0.25) is 5.91 Å². The van der Waals surface area contributed by atoms with Gasteiger partial charge in [0.25, 0.3) is 5.91 Å². The molecule has 116 valence electrons. The minimum Gasteiger partial charge on any atom is -0.343 e. The summed E-state index contributed by atoms with van der Waals surface area (Å²) in [6, 6.07) is 11.0. The first kappa shape index (κ1) is 16.7. The molecule has 1 aromatic heterocycles. The number of hydrogen-bond acceptors (Lipinski definition) is 3. The maximum Gasteiger partial charge on any atom is 0.251 e. The van der Waals surface area contributed by atoms with E-state index in [0.717, 1.165) is 9.35 Å². The van der Waals surface area contributed by atoms with Crippen molar-refractivity contribution in [1.82, 2.24) is 10.2 Å². The van der Waals surface area contributed by atoms with Gasteiger partial charge in [-0.15, -0.1) is 11.3 Å². The molecule has 0 fully saturated rings. The molecule has 6 heteroatoms. The van der Waals surface area contributed by atoms with Crippen molar-refractivity contribution >= 4 is 39.1 Å². The molecule has 1 unspecified atom stereocenters. The number of rotatable bonds is 5. The summed E-state index contributed by atoms with van der Waals surface area (Å²) in [6.45, 7) is 1.96. The first-order valence-electron chi connectivity index (χ1n) is 6.82. The van der Waals surface area contributed by atoms with Crippen LogP contribution in [0.3, 0.4) is 0 Å². The van der Waals surface area contributed by atoms with Crippen molar-refractivity contribution in [3.63, 3.8) is 0 Å². The molecule has 0 aliphatic rings. The first-order chi connectivity index (χ1) is 10.5. The highest BCUT2D eigenvalue weighted by Crippen LogP contribution is 2.23. The van der Waals surface area contributed by atoms with Gasteiger partial charge in [0.15, 0.2) is 0 Å². The number of carbonyl (C=O) groups excluding carboxylic acids is 2. The summed E-state index contributed by atoms with van der Waals surface area (Å²) in [4.78, 5) is 27.0. The molecule has 1 aromatic carbocycles. The van der Waals surface area contributed by atoms with E-state index in [1.807, 2.05) is 30.5 Å². The smallest absolute Gasteiger partial charge is 0.251 e. The second kappa shape index (κ2) is 7.56. The Morgan fingerprint density at radius 1 is 1.32 bits per heavy atom. The number of halogens is 1. The highest BCUT2D eigenvalue weighted by Gasteiger charge is 2.18. The normalized spacial score (nSPS) is 11.8. The summed E-state index contributed by atoms with van der Waals surface area (Å²) >= 11 is 4.93. The molecule has 0 bridgehead atoms. The molecular formula is C16H17BrN2O2S. The molecule has 22 heavy (non-hydrogen) atoms. The molecule has 2 aromatic rings. The van der Waals surface area contributed by atoms with Gasteiger partial charge in [-0.05, 0) is 36.6 Å². The largest absolute Gasteiger partial charge is 0.343 e. The number of thiophene rings is 1. The van der Waals surface area contributed by atoms with E-state index in [2.05, 4.69) is 21.2 Å². The molecule has 1 atom stereocenters. The SMILES string of the molecule is CC(c1cccs1)N(C)C(=O)CNC(=O)c1cccc(Br)c1. The zero-order valence-corrected chi connectivity index (χ0v) is 14.8. The van der Waals surface area contributed by atoms with Crippen LogP contribution in [-0.4, -0.2) is 30.3 Å². The number of nitrogens with one attached hydrogen (secondary N) is 1. The van der Waals surface area contributed by atoms with Crippen LogP contribution in [0.15, 0.2) is 46.3 Å². The molecule has 0 saturated heterocycles. The van der Waals surface area contributed by atoms with Crippen molar-refractivity contribution < 1.29 is 9.59 Å². The summed E-state index contributed by atoms with van der Waals surface area (Å²) in [6.07, 6.45) is 0. The minimum absolute atomic E-state index is 0.00438. The molecule has 0 aliphatic heterocycles. The van der Waals surface area contributed by atoms with E-state index in [-0.39, 0.29) is 24.4 Å². The molecule has 1 N–H and O–H groups in total. The van der Waals surface area contributed by atoms with Crippen molar-refractivity contribution in [2.45, 2.75) is 13.0 Å². The van der Waals surface area contributed by atoms with E-state index < -0.39 is 0 Å². The van der Waals surface area contributed by atoms with Crippen LogP contribution in [-0.2, 0) is 4.79 Å². The molecule has 4 nitrogen and oxygen atoms in total. The van der Waals surface area contributed by atoms with Crippen molar-refractivity contribution in [2.24, 2.45) is 0 Å². The van der Waals surface area contributed by atoms with Gasteiger partial charge in [-0.1, -0.05) is 28.1 Å². The van der Waals surface area contributed by atoms with E-state index >= 15 is 0 Å². The Morgan fingerprint density at radius 3 is 2.73 bits per heavy atom. The molecule has 0 spiro atoms. The lowest BCUT2D eigenvalue weighted by Gasteiger charge is -2.24. The molecule has 2 amide bonds. The molecular weight excluding hydrogens is 364 g/mol. The summed E-state index contributed by atoms with van der Waals surface area (Å²) < 4.78 is 0.829. The third kappa shape index (κ3) is 4.18. The van der Waals surface area contributed by atoms with Gasteiger partial charge in [-0.3, -0.25) is 9.59 Å². The Balaban J connectivity index is 1.91. The van der Waals surface area contributed by atoms with E-state index in [4.69, 9.17) is 0 Å². The van der Waals surface area contributed by atoms with Crippen LogP contribution in [0.25, 0.3) is 0 Å². The second-order valence-electron chi connectivity index (χ2n) is 4.89. The maximum atomic E-state index is 12.2. The zero-order chi connectivity index (χ0) is 16.1. The lowest BCUT2D eigenvalue weighted by molar-refractivity contribution is -0.130. The average Bonchev–Trinajstić information content (AvgIpc) is 3.05. The first-order valence-corrected chi connectivity index (χ1v) is 8.49. The minimum atomic E-state index is -0.258.